The first-order valence-electron chi connectivity index (χ1n) is 5.36. The molecule has 1 aromatic heterocycles. The van der Waals surface area contributed by atoms with Gasteiger partial charge in [0.05, 0.1) is 22.9 Å². The Kier molecular flexibility index (Phi) is 5.61. The molecule has 1 heterocycles. The van der Waals surface area contributed by atoms with Gasteiger partial charge >= 0.3 is 5.97 Å². The first kappa shape index (κ1) is 15.0. The van der Waals surface area contributed by atoms with Crippen LogP contribution in [-0.4, -0.2) is 43.7 Å². The van der Waals surface area contributed by atoms with Crippen LogP contribution in [0.4, 0.5) is 0 Å². The Bertz CT molecular complexity index is 496. The molecule has 0 spiro atoms. The predicted octanol–water partition coefficient (Wildman–Crippen LogP) is 1.40. The van der Waals surface area contributed by atoms with Crippen molar-refractivity contribution in [1.82, 2.24) is 4.98 Å². The van der Waals surface area contributed by atoms with Gasteiger partial charge in [-0.05, 0) is 19.1 Å². The van der Waals surface area contributed by atoms with E-state index in [2.05, 4.69) is 4.98 Å². The Hall–Kier alpha value is -1.08. The number of carbonyl (C=O) groups excluding carboxylic acids is 1. The normalized spacial score (nSPS) is 11.2. The largest absolute Gasteiger partial charge is 0.462 e. The van der Waals surface area contributed by atoms with E-state index in [0.717, 1.165) is 0 Å². The van der Waals surface area contributed by atoms with Gasteiger partial charge in [0.1, 0.15) is 9.84 Å². The Morgan fingerprint density at radius 2 is 2.17 bits per heavy atom. The molecule has 5 nitrogen and oxygen atoms in total. The fourth-order valence-electron chi connectivity index (χ4n) is 1.10. The van der Waals surface area contributed by atoms with Gasteiger partial charge in [-0.2, -0.15) is 0 Å². The van der Waals surface area contributed by atoms with Gasteiger partial charge in [-0.25, -0.2) is 18.2 Å². The van der Waals surface area contributed by atoms with Crippen molar-refractivity contribution in [1.29, 1.82) is 0 Å². The third-order valence-electron chi connectivity index (χ3n) is 1.95. The molecular formula is C11H15NO4S2. The van der Waals surface area contributed by atoms with Crippen LogP contribution in [0.15, 0.2) is 23.4 Å². The molecule has 0 saturated carbocycles. The van der Waals surface area contributed by atoms with Crippen LogP contribution >= 0.6 is 11.8 Å². The van der Waals surface area contributed by atoms with Crippen LogP contribution in [0.1, 0.15) is 17.3 Å². The SMILES string of the molecule is CCOC(=O)c1ccc(SCCS(C)(=O)=O)nc1. The predicted molar refractivity (Wildman–Crippen MR) is 70.6 cm³/mol. The highest BCUT2D eigenvalue weighted by molar-refractivity contribution is 8.00. The van der Waals surface area contributed by atoms with Crippen molar-refractivity contribution in [3.63, 3.8) is 0 Å². The molecule has 0 radical (unpaired) electrons. The molecule has 0 aliphatic heterocycles. The summed E-state index contributed by atoms with van der Waals surface area (Å²) in [4.78, 5) is 15.4. The number of pyridine rings is 1. The minimum absolute atomic E-state index is 0.110. The second-order valence-corrected chi connectivity index (χ2v) is 6.96. The van der Waals surface area contributed by atoms with E-state index in [-0.39, 0.29) is 5.75 Å². The minimum atomic E-state index is -2.95. The number of hydrogen-bond donors (Lipinski definition) is 0. The molecule has 0 amide bonds. The third kappa shape index (κ3) is 5.50. The molecule has 1 rings (SSSR count). The van der Waals surface area contributed by atoms with E-state index in [1.54, 1.807) is 19.1 Å². The fraction of sp³-hybridized carbons (Fsp3) is 0.455. The van der Waals surface area contributed by atoms with Gasteiger partial charge in [-0.1, -0.05) is 0 Å². The lowest BCUT2D eigenvalue weighted by atomic mass is 10.3. The van der Waals surface area contributed by atoms with Gasteiger partial charge < -0.3 is 4.74 Å². The van der Waals surface area contributed by atoms with Crippen molar-refractivity contribution in [3.05, 3.63) is 23.9 Å². The van der Waals surface area contributed by atoms with Crippen LogP contribution < -0.4 is 0 Å². The third-order valence-corrected chi connectivity index (χ3v) is 4.10. The second kappa shape index (κ2) is 6.75. The number of rotatable bonds is 6. The highest BCUT2D eigenvalue weighted by Gasteiger charge is 2.07. The van der Waals surface area contributed by atoms with Crippen molar-refractivity contribution < 1.29 is 17.9 Å². The molecular weight excluding hydrogens is 274 g/mol. The Morgan fingerprint density at radius 1 is 1.44 bits per heavy atom. The lowest BCUT2D eigenvalue weighted by Crippen LogP contribution is -2.06. The molecule has 18 heavy (non-hydrogen) atoms. The van der Waals surface area contributed by atoms with E-state index in [1.165, 1.54) is 24.2 Å². The van der Waals surface area contributed by atoms with Crippen molar-refractivity contribution >= 4 is 27.6 Å². The van der Waals surface area contributed by atoms with Crippen LogP contribution in [0.3, 0.4) is 0 Å². The maximum Gasteiger partial charge on any atom is 0.339 e. The summed E-state index contributed by atoms with van der Waals surface area (Å²) >= 11 is 1.34. The quantitative estimate of drug-likeness (QED) is 0.582. The summed E-state index contributed by atoms with van der Waals surface area (Å²) in [6.07, 6.45) is 2.63. The summed E-state index contributed by atoms with van der Waals surface area (Å²) in [5, 5.41) is 0.687. The van der Waals surface area contributed by atoms with Crippen LogP contribution in [-0.2, 0) is 14.6 Å². The van der Waals surface area contributed by atoms with Crippen LogP contribution in [0.2, 0.25) is 0 Å². The molecule has 0 aliphatic carbocycles. The van der Waals surface area contributed by atoms with Crippen LogP contribution in [0.5, 0.6) is 0 Å². The average molecular weight is 289 g/mol. The van der Waals surface area contributed by atoms with Gasteiger partial charge in [0.15, 0.2) is 0 Å². The van der Waals surface area contributed by atoms with Gasteiger partial charge in [0.25, 0.3) is 0 Å². The van der Waals surface area contributed by atoms with E-state index in [4.69, 9.17) is 4.74 Å². The first-order chi connectivity index (χ1) is 8.42. The number of nitrogens with zero attached hydrogens (tertiary/aromatic N) is 1. The van der Waals surface area contributed by atoms with Crippen molar-refractivity contribution in [2.24, 2.45) is 0 Å². The minimum Gasteiger partial charge on any atom is -0.462 e. The Balaban J connectivity index is 2.53. The Labute approximate surface area is 111 Å². The number of sulfone groups is 1. The topological polar surface area (TPSA) is 73.3 Å². The number of thioether (sulfide) groups is 1. The molecule has 7 heteroatoms. The first-order valence-corrected chi connectivity index (χ1v) is 8.40. The van der Waals surface area contributed by atoms with E-state index in [9.17, 15) is 13.2 Å². The van der Waals surface area contributed by atoms with E-state index < -0.39 is 15.8 Å². The summed E-state index contributed by atoms with van der Waals surface area (Å²) in [7, 11) is -2.95. The van der Waals surface area contributed by atoms with E-state index in [0.29, 0.717) is 22.9 Å². The highest BCUT2D eigenvalue weighted by Crippen LogP contribution is 2.15. The molecule has 0 aliphatic rings. The molecule has 0 saturated heterocycles. The van der Waals surface area contributed by atoms with Gasteiger partial charge in [0, 0.05) is 18.2 Å². The van der Waals surface area contributed by atoms with Crippen LogP contribution in [0, 0.1) is 0 Å². The maximum atomic E-state index is 11.4. The standard InChI is InChI=1S/C11H15NO4S2/c1-3-16-11(13)9-4-5-10(12-8-9)17-6-7-18(2,14)15/h4-5,8H,3,6-7H2,1-2H3. The molecule has 0 fully saturated rings. The number of aromatic nitrogens is 1. The van der Waals surface area contributed by atoms with E-state index >= 15 is 0 Å². The van der Waals surface area contributed by atoms with Gasteiger partial charge in [0.2, 0.25) is 0 Å². The molecule has 1 aromatic rings. The average Bonchev–Trinajstić information content (AvgIpc) is 2.28. The zero-order valence-electron chi connectivity index (χ0n) is 10.3. The van der Waals surface area contributed by atoms with E-state index in [1.807, 2.05) is 0 Å². The second-order valence-electron chi connectivity index (χ2n) is 3.58. The Morgan fingerprint density at radius 3 is 2.67 bits per heavy atom. The summed E-state index contributed by atoms with van der Waals surface area (Å²) in [6, 6.07) is 3.30. The lowest BCUT2D eigenvalue weighted by molar-refractivity contribution is 0.0525. The fourth-order valence-corrected chi connectivity index (χ4v) is 3.14. The van der Waals surface area contributed by atoms with Crippen molar-refractivity contribution in [2.75, 3.05) is 24.4 Å². The van der Waals surface area contributed by atoms with Gasteiger partial charge in [-0.15, -0.1) is 11.8 Å². The monoisotopic (exact) mass is 289 g/mol. The summed E-state index contributed by atoms with van der Waals surface area (Å²) in [5.41, 5.74) is 0.393. The zero-order valence-corrected chi connectivity index (χ0v) is 11.9. The molecule has 100 valence electrons. The molecule has 0 aromatic carbocycles. The lowest BCUT2D eigenvalue weighted by Gasteiger charge is -2.03. The zero-order chi connectivity index (χ0) is 13.6. The van der Waals surface area contributed by atoms with Gasteiger partial charge in [-0.3, -0.25) is 0 Å². The number of hydrogen-bond acceptors (Lipinski definition) is 6. The summed E-state index contributed by atoms with van der Waals surface area (Å²) in [6.45, 7) is 2.06. The number of ether oxygens (including phenoxy) is 1. The molecule has 0 N–H and O–H groups in total. The maximum absolute atomic E-state index is 11.4. The molecule has 0 atom stereocenters. The smallest absolute Gasteiger partial charge is 0.339 e. The molecule has 0 unspecified atom stereocenters. The van der Waals surface area contributed by atoms with Crippen molar-refractivity contribution in [3.8, 4) is 0 Å². The highest BCUT2D eigenvalue weighted by atomic mass is 32.2. The van der Waals surface area contributed by atoms with Crippen molar-refractivity contribution in [2.45, 2.75) is 11.9 Å². The number of esters is 1. The summed E-state index contributed by atoms with van der Waals surface area (Å²) < 4.78 is 26.7. The van der Waals surface area contributed by atoms with Crippen LogP contribution in [0.25, 0.3) is 0 Å². The molecule has 0 bridgehead atoms. The summed E-state index contributed by atoms with van der Waals surface area (Å²) in [5.74, 6) is 0.154. The number of carbonyl (C=O) groups is 1.